The lowest BCUT2D eigenvalue weighted by atomic mass is 10.2. The molecule has 1 saturated heterocycles. The zero-order valence-electron chi connectivity index (χ0n) is 10.0. The van der Waals surface area contributed by atoms with Crippen molar-refractivity contribution in [2.24, 2.45) is 0 Å². The van der Waals surface area contributed by atoms with Crippen molar-refractivity contribution in [2.75, 3.05) is 13.2 Å². The first kappa shape index (κ1) is 13.8. The van der Waals surface area contributed by atoms with Crippen LogP contribution in [0.2, 0.25) is 5.02 Å². The first-order chi connectivity index (χ1) is 9.08. The van der Waals surface area contributed by atoms with Gasteiger partial charge in [-0.3, -0.25) is 10.1 Å². The van der Waals surface area contributed by atoms with E-state index in [1.54, 1.807) is 0 Å². The van der Waals surface area contributed by atoms with Crippen LogP contribution in [0.15, 0.2) is 18.2 Å². The van der Waals surface area contributed by atoms with Crippen LogP contribution in [-0.2, 0) is 9.47 Å². The van der Waals surface area contributed by atoms with Gasteiger partial charge in [0.1, 0.15) is 6.61 Å². The molecule has 102 valence electrons. The van der Waals surface area contributed by atoms with Crippen LogP contribution < -0.4 is 0 Å². The second-order valence-corrected chi connectivity index (χ2v) is 4.56. The van der Waals surface area contributed by atoms with Crippen molar-refractivity contribution in [2.45, 2.75) is 18.9 Å². The van der Waals surface area contributed by atoms with E-state index < -0.39 is 10.9 Å². The van der Waals surface area contributed by atoms with Crippen molar-refractivity contribution in [3.8, 4) is 0 Å². The number of halogens is 1. The summed E-state index contributed by atoms with van der Waals surface area (Å²) >= 11 is 5.84. The average molecular weight is 286 g/mol. The molecule has 1 aromatic carbocycles. The molecule has 1 atom stereocenters. The van der Waals surface area contributed by atoms with E-state index in [9.17, 15) is 14.9 Å². The van der Waals surface area contributed by atoms with Gasteiger partial charge in [0.15, 0.2) is 0 Å². The Morgan fingerprint density at radius 1 is 1.58 bits per heavy atom. The maximum atomic E-state index is 11.8. The molecule has 1 aliphatic heterocycles. The second-order valence-electron chi connectivity index (χ2n) is 4.15. The molecule has 1 heterocycles. The standard InChI is InChI=1S/C12H12ClNO5/c13-11-4-3-8(14(16)17)6-10(11)12(15)19-7-9-2-1-5-18-9/h3-4,6,9H,1-2,5,7H2. The highest BCUT2D eigenvalue weighted by Crippen LogP contribution is 2.23. The lowest BCUT2D eigenvalue weighted by Crippen LogP contribution is -2.18. The number of ether oxygens (including phenoxy) is 2. The van der Waals surface area contributed by atoms with Crippen LogP contribution in [-0.4, -0.2) is 30.2 Å². The fraction of sp³-hybridized carbons (Fsp3) is 0.417. The molecular formula is C12H12ClNO5. The molecule has 1 unspecified atom stereocenters. The number of non-ortho nitro benzene ring substituents is 1. The van der Waals surface area contributed by atoms with Crippen LogP contribution in [0.3, 0.4) is 0 Å². The number of hydrogen-bond donors (Lipinski definition) is 0. The van der Waals surface area contributed by atoms with Crippen molar-refractivity contribution in [1.82, 2.24) is 0 Å². The van der Waals surface area contributed by atoms with Gasteiger partial charge in [0, 0.05) is 18.7 Å². The van der Waals surface area contributed by atoms with Crippen molar-refractivity contribution in [3.63, 3.8) is 0 Å². The van der Waals surface area contributed by atoms with Gasteiger partial charge in [0.2, 0.25) is 0 Å². The number of nitro benzene ring substituents is 1. The summed E-state index contributed by atoms with van der Waals surface area (Å²) in [5.74, 6) is -0.677. The van der Waals surface area contributed by atoms with Crippen LogP contribution in [0, 0.1) is 10.1 Å². The first-order valence-electron chi connectivity index (χ1n) is 5.80. The third kappa shape index (κ3) is 3.42. The molecular weight excluding hydrogens is 274 g/mol. The van der Waals surface area contributed by atoms with E-state index in [-0.39, 0.29) is 29.0 Å². The van der Waals surface area contributed by atoms with Crippen molar-refractivity contribution in [3.05, 3.63) is 38.9 Å². The molecule has 0 N–H and O–H groups in total. The van der Waals surface area contributed by atoms with Gasteiger partial charge in [-0.2, -0.15) is 0 Å². The Morgan fingerprint density at radius 2 is 2.37 bits per heavy atom. The minimum Gasteiger partial charge on any atom is -0.459 e. The summed E-state index contributed by atoms with van der Waals surface area (Å²) in [6.07, 6.45) is 1.69. The molecule has 6 nitrogen and oxygen atoms in total. The Balaban J connectivity index is 2.04. The van der Waals surface area contributed by atoms with E-state index in [2.05, 4.69) is 0 Å². The monoisotopic (exact) mass is 285 g/mol. The Hall–Kier alpha value is -1.66. The summed E-state index contributed by atoms with van der Waals surface area (Å²) in [6, 6.07) is 3.65. The van der Waals surface area contributed by atoms with E-state index in [1.807, 2.05) is 0 Å². The topological polar surface area (TPSA) is 78.7 Å². The summed E-state index contributed by atoms with van der Waals surface area (Å²) in [6.45, 7) is 0.803. The predicted octanol–water partition coefficient (Wildman–Crippen LogP) is 2.58. The molecule has 1 fully saturated rings. The molecule has 0 saturated carbocycles. The Labute approximate surface area is 114 Å². The van der Waals surface area contributed by atoms with E-state index in [0.29, 0.717) is 6.61 Å². The number of carbonyl (C=O) groups excluding carboxylic acids is 1. The lowest BCUT2D eigenvalue weighted by molar-refractivity contribution is -0.384. The Kier molecular flexibility index (Phi) is 4.34. The highest BCUT2D eigenvalue weighted by Gasteiger charge is 2.21. The number of benzene rings is 1. The smallest absolute Gasteiger partial charge is 0.340 e. The molecule has 1 aliphatic rings. The second kappa shape index (κ2) is 5.99. The number of nitrogens with zero attached hydrogens (tertiary/aromatic N) is 1. The van der Waals surface area contributed by atoms with Crippen LogP contribution in [0.25, 0.3) is 0 Å². The van der Waals surface area contributed by atoms with Gasteiger partial charge in [-0.25, -0.2) is 4.79 Å². The highest BCUT2D eigenvalue weighted by molar-refractivity contribution is 6.33. The molecule has 2 rings (SSSR count). The number of hydrogen-bond acceptors (Lipinski definition) is 5. The summed E-state index contributed by atoms with van der Waals surface area (Å²) in [7, 11) is 0. The molecule has 19 heavy (non-hydrogen) atoms. The number of rotatable bonds is 4. The van der Waals surface area contributed by atoms with E-state index >= 15 is 0 Å². The fourth-order valence-corrected chi connectivity index (χ4v) is 2.00. The zero-order chi connectivity index (χ0) is 13.8. The van der Waals surface area contributed by atoms with Gasteiger partial charge < -0.3 is 9.47 Å². The SMILES string of the molecule is O=C(OCC1CCCO1)c1cc([N+](=O)[O-])ccc1Cl. The number of carbonyl (C=O) groups is 1. The highest BCUT2D eigenvalue weighted by atomic mass is 35.5. The third-order valence-corrected chi connectivity index (χ3v) is 3.13. The van der Waals surface area contributed by atoms with Crippen molar-refractivity contribution in [1.29, 1.82) is 0 Å². The zero-order valence-corrected chi connectivity index (χ0v) is 10.8. The van der Waals surface area contributed by atoms with Gasteiger partial charge in [-0.15, -0.1) is 0 Å². The van der Waals surface area contributed by atoms with Gasteiger partial charge >= 0.3 is 5.97 Å². The first-order valence-corrected chi connectivity index (χ1v) is 6.18. The molecule has 0 aromatic heterocycles. The predicted molar refractivity (Wildman–Crippen MR) is 67.4 cm³/mol. The average Bonchev–Trinajstić information content (AvgIpc) is 2.89. The summed E-state index contributed by atoms with van der Waals surface area (Å²) in [5, 5.41) is 10.8. The van der Waals surface area contributed by atoms with E-state index in [0.717, 1.165) is 18.9 Å². The Morgan fingerprint density at radius 3 is 3.00 bits per heavy atom. The van der Waals surface area contributed by atoms with Crippen LogP contribution in [0.4, 0.5) is 5.69 Å². The van der Waals surface area contributed by atoms with Gasteiger partial charge in [0.05, 0.1) is 21.6 Å². The van der Waals surface area contributed by atoms with Crippen molar-refractivity contribution >= 4 is 23.3 Å². The minimum atomic E-state index is -0.677. The molecule has 0 bridgehead atoms. The maximum absolute atomic E-state index is 11.8. The quantitative estimate of drug-likeness (QED) is 0.482. The van der Waals surface area contributed by atoms with E-state index in [1.165, 1.54) is 12.1 Å². The van der Waals surface area contributed by atoms with Gasteiger partial charge in [0.25, 0.3) is 5.69 Å². The Bertz CT molecular complexity index is 499. The molecule has 1 aromatic rings. The summed E-state index contributed by atoms with van der Waals surface area (Å²) < 4.78 is 10.4. The van der Waals surface area contributed by atoms with Crippen molar-refractivity contribution < 1.29 is 19.2 Å². The van der Waals surface area contributed by atoms with Crippen LogP contribution in [0.5, 0.6) is 0 Å². The third-order valence-electron chi connectivity index (χ3n) is 2.80. The number of esters is 1. The normalized spacial score (nSPS) is 18.3. The van der Waals surface area contributed by atoms with Gasteiger partial charge in [-0.1, -0.05) is 11.6 Å². The fourth-order valence-electron chi connectivity index (χ4n) is 1.81. The molecule has 7 heteroatoms. The molecule has 0 aliphatic carbocycles. The van der Waals surface area contributed by atoms with Crippen LogP contribution >= 0.6 is 11.6 Å². The summed E-state index contributed by atoms with van der Waals surface area (Å²) in [5.41, 5.74) is -0.206. The van der Waals surface area contributed by atoms with Crippen LogP contribution in [0.1, 0.15) is 23.2 Å². The molecule has 0 radical (unpaired) electrons. The van der Waals surface area contributed by atoms with Gasteiger partial charge in [-0.05, 0) is 18.9 Å². The summed E-state index contributed by atoms with van der Waals surface area (Å²) in [4.78, 5) is 21.9. The molecule has 0 amide bonds. The minimum absolute atomic E-state index is 0.00568. The number of nitro groups is 1. The molecule has 0 spiro atoms. The largest absolute Gasteiger partial charge is 0.459 e. The maximum Gasteiger partial charge on any atom is 0.340 e. The lowest BCUT2D eigenvalue weighted by Gasteiger charge is -2.10. The van der Waals surface area contributed by atoms with E-state index in [4.69, 9.17) is 21.1 Å².